The molecule has 1 aliphatic heterocycles. The number of alkyl halides is 6. The number of nitrogens with zero attached hydrogens (tertiary/aromatic N) is 2. The first-order valence-corrected chi connectivity index (χ1v) is 8.77. The molecule has 0 saturated carbocycles. The monoisotopic (exact) mass is 522 g/mol. The van der Waals surface area contributed by atoms with E-state index in [1.165, 1.54) is 12.1 Å². The van der Waals surface area contributed by atoms with Gasteiger partial charge in [0.2, 0.25) is 6.10 Å². The molecule has 7 nitrogen and oxygen atoms in total. The van der Waals surface area contributed by atoms with Gasteiger partial charge in [-0.1, -0.05) is 11.6 Å². The molecule has 2 N–H and O–H groups in total. The number of hydrogen-bond acceptors (Lipinski definition) is 4. The number of ether oxygens (including phenoxy) is 1. The zero-order chi connectivity index (χ0) is 24.4. The summed E-state index contributed by atoms with van der Waals surface area (Å²) in [6.45, 7) is 2.08. The maximum atomic E-state index is 13.1. The molecular formula is C18H14Cl2F6N2O5. The van der Waals surface area contributed by atoms with E-state index < -0.39 is 36.0 Å². The fourth-order valence-corrected chi connectivity index (χ4v) is 2.78. The first-order valence-electron chi connectivity index (χ1n) is 8.39. The van der Waals surface area contributed by atoms with Crippen LogP contribution in [-0.4, -0.2) is 50.2 Å². The number of aryl methyl sites for hydroxylation is 1. The third-order valence-electron chi connectivity index (χ3n) is 4.07. The highest BCUT2D eigenvalue weighted by Gasteiger charge is 2.48. The van der Waals surface area contributed by atoms with Crippen LogP contribution in [0.15, 0.2) is 30.1 Å². The van der Waals surface area contributed by atoms with Crippen molar-refractivity contribution in [2.24, 2.45) is 0 Å². The summed E-state index contributed by atoms with van der Waals surface area (Å²) in [4.78, 5) is 24.1. The van der Waals surface area contributed by atoms with Gasteiger partial charge >= 0.3 is 24.3 Å². The van der Waals surface area contributed by atoms with Crippen LogP contribution < -0.4 is 4.74 Å². The average Bonchev–Trinajstić information content (AvgIpc) is 3.05. The molecule has 1 aromatic heterocycles. The molecule has 1 aromatic carbocycles. The van der Waals surface area contributed by atoms with Crippen LogP contribution in [0, 0.1) is 6.92 Å². The molecule has 2 aromatic rings. The smallest absolute Gasteiger partial charge is 0.478 e. The second-order valence-corrected chi connectivity index (χ2v) is 6.74. The lowest BCUT2D eigenvalue weighted by Crippen LogP contribution is -2.40. The molecular weight excluding hydrogens is 509 g/mol. The van der Waals surface area contributed by atoms with Crippen molar-refractivity contribution in [2.75, 3.05) is 0 Å². The quantitative estimate of drug-likeness (QED) is 0.564. The topological polar surface area (TPSA) is 102 Å². The number of halogens is 8. The molecule has 15 heteroatoms. The molecule has 182 valence electrons. The number of carboxylic acid groups (broad SMARTS) is 2. The largest absolute Gasteiger partial charge is 0.490 e. The summed E-state index contributed by atoms with van der Waals surface area (Å²) in [6, 6.07) is 2.79. The van der Waals surface area contributed by atoms with Gasteiger partial charge < -0.3 is 19.5 Å². The Morgan fingerprint density at radius 3 is 2.18 bits per heavy atom. The van der Waals surface area contributed by atoms with Crippen LogP contribution in [-0.2, 0) is 16.1 Å². The Hall–Kier alpha value is -2.93. The predicted octanol–water partition coefficient (Wildman–Crippen LogP) is 4.74. The number of carbonyl (C=O) groups is 2. The van der Waals surface area contributed by atoms with Crippen molar-refractivity contribution in [2.45, 2.75) is 31.9 Å². The number of fused-ring (bicyclic) bond motifs is 1. The number of hydrogen-bond donors (Lipinski definition) is 2. The predicted molar refractivity (Wildman–Crippen MR) is 105 cm³/mol. The molecule has 0 aliphatic carbocycles. The summed E-state index contributed by atoms with van der Waals surface area (Å²) in [5.41, 5.74) is -0.155. The Kier molecular flexibility index (Phi) is 8.80. The SMILES string of the molecule is Cc1nccn1Cc1cc2c(cc1Cl)C=C(C(=O)O)C(C(F)(F)F)O2.Cl.O=C(O)C(F)(F)F. The van der Waals surface area contributed by atoms with Crippen molar-refractivity contribution < 1.29 is 50.9 Å². The molecule has 3 rings (SSSR count). The van der Waals surface area contributed by atoms with Gasteiger partial charge in [-0.3, -0.25) is 0 Å². The second-order valence-electron chi connectivity index (χ2n) is 6.33. The lowest BCUT2D eigenvalue weighted by atomic mass is 10.00. The number of benzene rings is 1. The molecule has 0 amide bonds. The molecule has 0 spiro atoms. The second kappa shape index (κ2) is 10.3. The molecule has 33 heavy (non-hydrogen) atoms. The van der Waals surface area contributed by atoms with Gasteiger partial charge in [0.05, 0.1) is 12.1 Å². The first-order chi connectivity index (χ1) is 14.6. The van der Waals surface area contributed by atoms with Crippen LogP contribution in [0.5, 0.6) is 5.75 Å². The number of aromatic nitrogens is 2. The lowest BCUT2D eigenvalue weighted by molar-refractivity contribution is -0.192. The highest BCUT2D eigenvalue weighted by atomic mass is 35.5. The minimum atomic E-state index is -5.08. The minimum Gasteiger partial charge on any atom is -0.478 e. The molecule has 1 aliphatic rings. The molecule has 0 radical (unpaired) electrons. The average molecular weight is 523 g/mol. The number of aliphatic carboxylic acids is 2. The molecule has 0 bridgehead atoms. The fourth-order valence-electron chi connectivity index (χ4n) is 2.55. The van der Waals surface area contributed by atoms with Gasteiger partial charge in [0, 0.05) is 23.0 Å². The van der Waals surface area contributed by atoms with Gasteiger partial charge in [0.1, 0.15) is 11.6 Å². The van der Waals surface area contributed by atoms with Crippen LogP contribution in [0.3, 0.4) is 0 Å². The van der Waals surface area contributed by atoms with E-state index in [0.29, 0.717) is 17.1 Å². The fraction of sp³-hybridized carbons (Fsp3) is 0.278. The van der Waals surface area contributed by atoms with Crippen molar-refractivity contribution >= 4 is 42.0 Å². The summed E-state index contributed by atoms with van der Waals surface area (Å²) in [6.07, 6.45) is -8.20. The Bertz CT molecular complexity index is 1070. The van der Waals surface area contributed by atoms with E-state index in [2.05, 4.69) is 4.98 Å². The van der Waals surface area contributed by atoms with Gasteiger partial charge in [-0.15, -0.1) is 12.4 Å². The van der Waals surface area contributed by atoms with E-state index in [4.69, 9.17) is 31.3 Å². The van der Waals surface area contributed by atoms with E-state index in [0.717, 1.165) is 11.9 Å². The van der Waals surface area contributed by atoms with Gasteiger partial charge in [-0.25, -0.2) is 14.6 Å². The lowest BCUT2D eigenvalue weighted by Gasteiger charge is -2.27. The van der Waals surface area contributed by atoms with Gasteiger partial charge in [0.15, 0.2) is 0 Å². The Labute approximate surface area is 192 Å². The maximum absolute atomic E-state index is 13.1. The Morgan fingerprint density at radius 1 is 1.18 bits per heavy atom. The van der Waals surface area contributed by atoms with Gasteiger partial charge in [-0.2, -0.15) is 26.3 Å². The van der Waals surface area contributed by atoms with Crippen LogP contribution in [0.1, 0.15) is 17.0 Å². The maximum Gasteiger partial charge on any atom is 0.490 e. The third-order valence-corrected chi connectivity index (χ3v) is 4.42. The van der Waals surface area contributed by atoms with E-state index in [-0.39, 0.29) is 23.7 Å². The number of carboxylic acids is 2. The Balaban J connectivity index is 0.000000595. The zero-order valence-electron chi connectivity index (χ0n) is 16.2. The summed E-state index contributed by atoms with van der Waals surface area (Å²) in [7, 11) is 0. The zero-order valence-corrected chi connectivity index (χ0v) is 17.8. The van der Waals surface area contributed by atoms with Crippen LogP contribution in [0.25, 0.3) is 6.08 Å². The van der Waals surface area contributed by atoms with E-state index in [1.807, 2.05) is 0 Å². The highest BCUT2D eigenvalue weighted by Crippen LogP contribution is 2.39. The van der Waals surface area contributed by atoms with Crippen molar-refractivity contribution in [3.8, 4) is 5.75 Å². The molecule has 0 saturated heterocycles. The third kappa shape index (κ3) is 7.02. The highest BCUT2D eigenvalue weighted by molar-refractivity contribution is 6.31. The van der Waals surface area contributed by atoms with Crippen LogP contribution in [0.4, 0.5) is 26.3 Å². The summed E-state index contributed by atoms with van der Waals surface area (Å²) in [5.74, 6) is -3.80. The molecule has 1 unspecified atom stereocenters. The number of imidazole rings is 1. The number of rotatable bonds is 3. The van der Waals surface area contributed by atoms with E-state index in [9.17, 15) is 31.1 Å². The first kappa shape index (κ1) is 28.1. The van der Waals surface area contributed by atoms with E-state index >= 15 is 0 Å². The standard InChI is InChI=1S/C16H12ClF3N2O3.C2HF3O2.ClH/c1-8-21-2-3-22(8)7-10-6-13-9(5-12(10)17)4-11(15(23)24)14(25-13)16(18,19)20;3-2(4,5)1(6)7;/h2-6,14H,7H2,1H3,(H,23,24);(H,6,7);1H. The molecule has 2 heterocycles. The van der Waals surface area contributed by atoms with Gasteiger partial charge in [-0.05, 0) is 30.7 Å². The van der Waals surface area contributed by atoms with Crippen molar-refractivity contribution in [1.29, 1.82) is 0 Å². The molecule has 0 fully saturated rings. The van der Waals surface area contributed by atoms with Crippen molar-refractivity contribution in [3.63, 3.8) is 0 Å². The normalized spacial score (nSPS) is 15.2. The van der Waals surface area contributed by atoms with Crippen molar-refractivity contribution in [3.05, 3.63) is 52.1 Å². The Morgan fingerprint density at radius 2 is 1.76 bits per heavy atom. The summed E-state index contributed by atoms with van der Waals surface area (Å²) in [5, 5.41) is 16.5. The van der Waals surface area contributed by atoms with E-state index in [1.54, 1.807) is 23.9 Å². The molecule has 1 atom stereocenters. The minimum absolute atomic E-state index is 0. The summed E-state index contributed by atoms with van der Waals surface area (Å²) >= 11 is 6.20. The summed E-state index contributed by atoms with van der Waals surface area (Å²) < 4.78 is 77.8. The van der Waals surface area contributed by atoms with Crippen LogP contribution in [0.2, 0.25) is 5.02 Å². The van der Waals surface area contributed by atoms with Crippen LogP contribution >= 0.6 is 24.0 Å². The van der Waals surface area contributed by atoms with Gasteiger partial charge in [0.25, 0.3) is 0 Å². The van der Waals surface area contributed by atoms with Crippen molar-refractivity contribution in [1.82, 2.24) is 9.55 Å².